The molecule has 12 nitrogen and oxygen atoms in total. The van der Waals surface area contributed by atoms with Gasteiger partial charge in [0.1, 0.15) is 19.0 Å². The molecule has 3 heterocycles. The number of aromatic nitrogens is 1. The Balaban J connectivity index is 1.65. The second-order valence-corrected chi connectivity index (χ2v) is 11.2. The standard InChI is InChI=1S/C28H23N5O7S2/c1-39-30-13-21(36)32-28(20-15-41-27(31-20)29-16-35)19(14-34)24(33-22(37)12-23(33)42-28)26(38)40-25(17-8-4-2-5-9-17)18-10-6-3-7-11-18/h2-11,13-16,23,25H,12H2,1H3,(H,32,36)(H,29,31,35)/t23-,28?/m0/s1. The molecule has 3 aromatic rings. The summed E-state index contributed by atoms with van der Waals surface area (Å²) in [5.41, 5.74) is 0.908. The average Bonchev–Trinajstić information content (AvgIpc) is 3.48. The van der Waals surface area contributed by atoms with E-state index in [1.165, 1.54) is 17.4 Å². The van der Waals surface area contributed by atoms with E-state index in [4.69, 9.17) is 4.74 Å². The molecule has 1 fully saturated rings. The van der Waals surface area contributed by atoms with Crippen LogP contribution < -0.4 is 10.6 Å². The number of rotatable bonds is 11. The largest absolute Gasteiger partial charge is 0.448 e. The van der Waals surface area contributed by atoms with Crippen LogP contribution in [-0.2, 0) is 38.4 Å². The Bertz CT molecular complexity index is 1540. The molecule has 2 atom stereocenters. The monoisotopic (exact) mass is 605 g/mol. The number of thiazole rings is 1. The second kappa shape index (κ2) is 12.4. The van der Waals surface area contributed by atoms with Gasteiger partial charge in [-0.15, -0.1) is 11.3 Å². The number of ether oxygens (including phenoxy) is 1. The molecule has 0 saturated carbocycles. The molecule has 42 heavy (non-hydrogen) atoms. The third-order valence-electron chi connectivity index (χ3n) is 6.46. The van der Waals surface area contributed by atoms with Gasteiger partial charge in [-0.05, 0) is 11.1 Å². The van der Waals surface area contributed by atoms with Crippen molar-refractivity contribution >= 4 is 64.9 Å². The number of benzene rings is 2. The van der Waals surface area contributed by atoms with E-state index in [0.717, 1.165) is 29.3 Å². The topological polar surface area (TPSA) is 156 Å². The Morgan fingerprint density at radius 3 is 2.36 bits per heavy atom. The van der Waals surface area contributed by atoms with Gasteiger partial charge in [-0.1, -0.05) is 77.6 Å². The van der Waals surface area contributed by atoms with Gasteiger partial charge >= 0.3 is 5.97 Å². The highest BCUT2D eigenvalue weighted by Gasteiger charge is 2.57. The molecule has 2 N–H and O–H groups in total. The van der Waals surface area contributed by atoms with Crippen molar-refractivity contribution in [1.29, 1.82) is 0 Å². The van der Waals surface area contributed by atoms with E-state index in [1.54, 1.807) is 48.5 Å². The Morgan fingerprint density at radius 1 is 1.12 bits per heavy atom. The summed E-state index contributed by atoms with van der Waals surface area (Å²) in [7, 11) is 1.26. The summed E-state index contributed by atoms with van der Waals surface area (Å²) in [4.78, 5) is 72.2. The molecular formula is C28H23N5O7S2. The summed E-state index contributed by atoms with van der Waals surface area (Å²) in [6.45, 7) is 0. The fourth-order valence-electron chi connectivity index (χ4n) is 4.63. The molecule has 2 aromatic carbocycles. The van der Waals surface area contributed by atoms with Crippen LogP contribution in [0.1, 0.15) is 29.3 Å². The minimum atomic E-state index is -1.75. The van der Waals surface area contributed by atoms with Crippen LogP contribution in [0.5, 0.6) is 0 Å². The fraction of sp³-hybridized carbons (Fsp3) is 0.179. The summed E-state index contributed by atoms with van der Waals surface area (Å²) >= 11 is 2.09. The molecule has 0 aliphatic carbocycles. The van der Waals surface area contributed by atoms with E-state index in [9.17, 15) is 24.0 Å². The summed E-state index contributed by atoms with van der Waals surface area (Å²) in [5, 5.41) is 9.74. The smallest absolute Gasteiger partial charge is 0.356 e. The first-order valence-corrected chi connectivity index (χ1v) is 14.2. The summed E-state index contributed by atoms with van der Waals surface area (Å²) in [5.74, 6) is -2.10. The third-order valence-corrected chi connectivity index (χ3v) is 8.76. The van der Waals surface area contributed by atoms with Gasteiger partial charge in [0.2, 0.25) is 12.3 Å². The van der Waals surface area contributed by atoms with Gasteiger partial charge in [0.15, 0.2) is 22.4 Å². The van der Waals surface area contributed by atoms with Crippen molar-refractivity contribution in [3.63, 3.8) is 0 Å². The molecule has 1 aromatic heterocycles. The molecule has 14 heteroatoms. The molecule has 1 saturated heterocycles. The van der Waals surface area contributed by atoms with E-state index in [0.29, 0.717) is 23.8 Å². The van der Waals surface area contributed by atoms with Crippen molar-refractivity contribution in [2.75, 3.05) is 12.4 Å². The van der Waals surface area contributed by atoms with Crippen LogP contribution in [0.25, 0.3) is 0 Å². The number of esters is 1. The van der Waals surface area contributed by atoms with Crippen molar-refractivity contribution < 1.29 is 33.5 Å². The third kappa shape index (κ3) is 5.41. The zero-order valence-electron chi connectivity index (χ0n) is 22.0. The first-order valence-electron chi connectivity index (χ1n) is 12.5. The average molecular weight is 606 g/mol. The van der Waals surface area contributed by atoms with Crippen molar-refractivity contribution in [1.82, 2.24) is 15.2 Å². The van der Waals surface area contributed by atoms with Gasteiger partial charge < -0.3 is 20.2 Å². The highest BCUT2D eigenvalue weighted by atomic mass is 32.2. The molecule has 1 unspecified atom stereocenters. The van der Waals surface area contributed by atoms with Crippen LogP contribution in [0.15, 0.2) is 82.5 Å². The van der Waals surface area contributed by atoms with E-state index < -0.39 is 34.1 Å². The van der Waals surface area contributed by atoms with Crippen LogP contribution in [0, 0.1) is 0 Å². The van der Waals surface area contributed by atoms with Gasteiger partial charge in [-0.3, -0.25) is 24.1 Å². The van der Waals surface area contributed by atoms with Gasteiger partial charge in [-0.2, -0.15) is 0 Å². The van der Waals surface area contributed by atoms with Crippen LogP contribution in [0.2, 0.25) is 0 Å². The lowest BCUT2D eigenvalue weighted by molar-refractivity contribution is -0.152. The van der Waals surface area contributed by atoms with Crippen LogP contribution in [0.3, 0.4) is 0 Å². The van der Waals surface area contributed by atoms with Crippen LogP contribution >= 0.6 is 23.1 Å². The van der Waals surface area contributed by atoms with E-state index in [-0.39, 0.29) is 28.5 Å². The van der Waals surface area contributed by atoms with Gasteiger partial charge in [0, 0.05) is 5.38 Å². The quantitative estimate of drug-likeness (QED) is 0.110. The number of aldehydes is 1. The number of hydrogen-bond acceptors (Lipinski definition) is 11. The number of carbonyl (C=O) groups excluding carboxylic acids is 5. The molecule has 2 aliphatic rings. The fourth-order valence-corrected chi connectivity index (χ4v) is 7.04. The zero-order valence-corrected chi connectivity index (χ0v) is 23.6. The molecule has 0 spiro atoms. The minimum Gasteiger partial charge on any atom is -0.448 e. The molecule has 214 valence electrons. The van der Waals surface area contributed by atoms with Crippen LogP contribution in [0.4, 0.5) is 5.13 Å². The van der Waals surface area contributed by atoms with Crippen molar-refractivity contribution in [2.45, 2.75) is 22.8 Å². The number of anilines is 1. The van der Waals surface area contributed by atoms with E-state index in [1.807, 2.05) is 12.1 Å². The zero-order chi connectivity index (χ0) is 29.7. The number of carbonyl (C=O) groups is 5. The number of nitrogens with one attached hydrogen (secondary N) is 2. The lowest BCUT2D eigenvalue weighted by atomic mass is 9.97. The van der Waals surface area contributed by atoms with Crippen molar-refractivity contribution in [2.24, 2.45) is 5.16 Å². The van der Waals surface area contributed by atoms with Crippen molar-refractivity contribution in [3.8, 4) is 0 Å². The lowest BCUT2D eigenvalue weighted by Gasteiger charge is -2.50. The lowest BCUT2D eigenvalue weighted by Crippen LogP contribution is -2.61. The summed E-state index contributed by atoms with van der Waals surface area (Å²) in [6.07, 6.45) is 0.850. The van der Waals surface area contributed by atoms with E-state index >= 15 is 0 Å². The second-order valence-electron chi connectivity index (χ2n) is 8.91. The molecular weight excluding hydrogens is 582 g/mol. The highest BCUT2D eigenvalue weighted by molar-refractivity contribution is 8.01. The predicted molar refractivity (Wildman–Crippen MR) is 154 cm³/mol. The molecule has 0 bridgehead atoms. The highest BCUT2D eigenvalue weighted by Crippen LogP contribution is 2.54. The molecule has 2 aliphatic heterocycles. The molecule has 3 amide bonds. The Kier molecular flexibility index (Phi) is 8.45. The minimum absolute atomic E-state index is 0.0295. The normalized spacial score (nSPS) is 19.6. The number of fused-ring (bicyclic) bond motifs is 1. The number of thioether (sulfide) groups is 1. The SMILES string of the molecule is CON=CC(=O)NC1(c2csc(NC=O)n2)S[C@H]2CC(=O)N2C(C(=O)OC(c2ccccc2)c2ccccc2)=C1C=O. The van der Waals surface area contributed by atoms with Gasteiger partial charge in [-0.25, -0.2) is 9.78 Å². The number of hydrogen-bond donors (Lipinski definition) is 2. The summed E-state index contributed by atoms with van der Waals surface area (Å²) in [6, 6.07) is 18.0. The Morgan fingerprint density at radius 2 is 1.79 bits per heavy atom. The van der Waals surface area contributed by atoms with Crippen LogP contribution in [-0.4, -0.2) is 59.1 Å². The summed E-state index contributed by atoms with van der Waals surface area (Å²) < 4.78 is 6.04. The maximum atomic E-state index is 14.1. The van der Waals surface area contributed by atoms with Crippen molar-refractivity contribution in [3.05, 3.63) is 94.1 Å². The Hall–Kier alpha value is -4.82. The number of β-lactam (4-membered cyclic amide) rings is 1. The van der Waals surface area contributed by atoms with Gasteiger partial charge in [0.05, 0.1) is 23.1 Å². The number of amides is 3. The first kappa shape index (κ1) is 28.7. The van der Waals surface area contributed by atoms with E-state index in [2.05, 4.69) is 25.6 Å². The number of oxime groups is 1. The Labute approximate surface area is 247 Å². The molecule has 0 radical (unpaired) electrons. The van der Waals surface area contributed by atoms with Gasteiger partial charge in [0.25, 0.3) is 5.91 Å². The predicted octanol–water partition coefficient (Wildman–Crippen LogP) is 2.70. The maximum absolute atomic E-state index is 14.1. The first-order chi connectivity index (χ1) is 20.4. The molecule has 5 rings (SSSR count). The maximum Gasteiger partial charge on any atom is 0.356 e. The number of nitrogens with zero attached hydrogens (tertiary/aromatic N) is 3.